The van der Waals surface area contributed by atoms with Gasteiger partial charge in [-0.1, -0.05) is 68.1 Å². The van der Waals surface area contributed by atoms with Gasteiger partial charge >= 0.3 is 0 Å². The average molecular weight is 395 g/mol. The van der Waals surface area contributed by atoms with Crippen LogP contribution < -0.4 is 0 Å². The predicted octanol–water partition coefficient (Wildman–Crippen LogP) is 3.83. The molecule has 3 saturated heterocycles. The summed E-state index contributed by atoms with van der Waals surface area (Å²) in [7, 11) is 0. The highest BCUT2D eigenvalue weighted by Gasteiger charge is 2.56. The molecule has 3 heterocycles. The van der Waals surface area contributed by atoms with Gasteiger partial charge in [0.2, 0.25) is 11.6 Å². The Labute approximate surface area is 174 Å². The Morgan fingerprint density at radius 2 is 0.897 bits per heavy atom. The Balaban J connectivity index is 0.00000240. The van der Waals surface area contributed by atoms with E-state index in [1.54, 1.807) is 0 Å². The Bertz CT molecular complexity index is 765. The van der Waals surface area contributed by atoms with Gasteiger partial charge in [0.25, 0.3) is 0 Å². The topological polar surface area (TPSA) is 34.1 Å². The summed E-state index contributed by atoms with van der Waals surface area (Å²) in [4.78, 5) is 26.1. The fourth-order valence-corrected chi connectivity index (χ4v) is 5.21. The van der Waals surface area contributed by atoms with Gasteiger partial charge in [0.15, 0.2) is 12.1 Å². The number of fused-ring (bicyclic) bond motifs is 3. The lowest BCUT2D eigenvalue weighted by molar-refractivity contribution is -1.09. The van der Waals surface area contributed by atoms with Gasteiger partial charge in [0, 0.05) is 11.1 Å². The molecule has 3 aliphatic rings. The van der Waals surface area contributed by atoms with Crippen LogP contribution in [0.15, 0.2) is 60.7 Å². The van der Waals surface area contributed by atoms with Gasteiger partial charge in [-0.2, -0.15) is 0 Å². The molecular weight excluding hydrogens is 360 g/mol. The maximum atomic E-state index is 13.1. The van der Waals surface area contributed by atoms with Crippen LogP contribution in [0.5, 0.6) is 0 Å². The third-order valence-electron chi connectivity index (χ3n) is 7.49. The number of piperazine rings is 3. The molecule has 4 nitrogen and oxygen atoms in total. The summed E-state index contributed by atoms with van der Waals surface area (Å²) < 4.78 is 1.75. The van der Waals surface area contributed by atoms with Gasteiger partial charge in [-0.05, 0) is 13.8 Å². The highest BCUT2D eigenvalue weighted by atomic mass is 16.1. The maximum Gasteiger partial charge on any atom is 0.219 e. The number of nitrogens with zero attached hydrogens (tertiary/aromatic N) is 2. The van der Waals surface area contributed by atoms with E-state index in [1.165, 1.54) is 0 Å². The van der Waals surface area contributed by atoms with Crippen molar-refractivity contribution in [3.05, 3.63) is 71.8 Å². The molecule has 5 rings (SSSR count). The molecule has 2 unspecified atom stereocenters. The Morgan fingerprint density at radius 3 is 1.17 bits per heavy atom. The molecule has 0 N–H and O–H groups in total. The zero-order valence-corrected chi connectivity index (χ0v) is 16.9. The molecule has 4 heteroatoms. The van der Waals surface area contributed by atoms with Crippen molar-refractivity contribution in [3.63, 3.8) is 0 Å². The third-order valence-corrected chi connectivity index (χ3v) is 7.49. The van der Waals surface area contributed by atoms with Crippen LogP contribution in [-0.2, 0) is 0 Å². The van der Waals surface area contributed by atoms with Crippen LogP contribution in [0.3, 0.4) is 0 Å². The van der Waals surface area contributed by atoms with Crippen LogP contribution in [-0.4, -0.2) is 71.9 Å². The molecule has 3 fully saturated rings. The summed E-state index contributed by atoms with van der Waals surface area (Å²) in [5, 5.41) is 0. The van der Waals surface area contributed by atoms with Crippen molar-refractivity contribution in [1.82, 2.24) is 0 Å². The van der Waals surface area contributed by atoms with E-state index in [-0.39, 0.29) is 31.1 Å². The van der Waals surface area contributed by atoms with E-state index >= 15 is 0 Å². The Hall–Kier alpha value is -2.30. The normalized spacial score (nSPS) is 27.5. The summed E-state index contributed by atoms with van der Waals surface area (Å²) in [5.74, 6) is 0.492. The van der Waals surface area contributed by atoms with E-state index in [9.17, 15) is 9.59 Å². The summed E-state index contributed by atoms with van der Waals surface area (Å²) in [6, 6.07) is 19.3. The van der Waals surface area contributed by atoms with Crippen molar-refractivity contribution in [2.45, 2.75) is 33.4 Å². The van der Waals surface area contributed by atoms with E-state index in [2.05, 4.69) is 13.8 Å². The van der Waals surface area contributed by atoms with E-state index in [4.69, 9.17) is 0 Å². The average Bonchev–Trinajstić information content (AvgIpc) is 2.79. The Kier molecular flexibility index (Phi) is 6.06. The maximum absolute atomic E-state index is 13.1. The van der Waals surface area contributed by atoms with Crippen LogP contribution >= 0.6 is 0 Å². The zero-order valence-electron chi connectivity index (χ0n) is 16.9. The lowest BCUT2D eigenvalue weighted by Crippen LogP contribution is -2.80. The predicted molar refractivity (Wildman–Crippen MR) is 117 cm³/mol. The smallest absolute Gasteiger partial charge is 0.219 e. The molecule has 3 aliphatic heterocycles. The first-order valence-corrected chi connectivity index (χ1v) is 10.4. The Morgan fingerprint density at radius 1 is 0.621 bits per heavy atom. The lowest BCUT2D eigenvalue weighted by atomic mass is 9.93. The summed E-state index contributed by atoms with van der Waals surface area (Å²) in [6.45, 7) is 10.1. The molecule has 2 atom stereocenters. The molecular formula is C25H34N2O2+2. The highest BCUT2D eigenvalue weighted by Crippen LogP contribution is 2.33. The number of carbonyl (C=O) groups excluding carboxylic acids is 2. The number of benzene rings is 2. The van der Waals surface area contributed by atoms with E-state index in [1.807, 2.05) is 60.7 Å². The standard InChI is InChI=1S/C24H30N2O2.CH4/c1-19(23(27)21-9-5-3-6-10-21)25-13-16-26(17-14-25,18-15-25)20(2)24(28)22-11-7-4-8-12-22;/h3-12,19-20H,13-18H2,1-2H3;1H4/q+2;. The van der Waals surface area contributed by atoms with Crippen LogP contribution in [0.1, 0.15) is 42.0 Å². The molecule has 2 bridgehead atoms. The number of Topliss-reactive ketones (excluding diaryl/α,β-unsaturated/α-hetero) is 2. The van der Waals surface area contributed by atoms with Gasteiger partial charge in [-0.15, -0.1) is 0 Å². The fraction of sp³-hybridized carbons (Fsp3) is 0.440. The van der Waals surface area contributed by atoms with Crippen molar-refractivity contribution < 1.29 is 18.6 Å². The van der Waals surface area contributed by atoms with E-state index < -0.39 is 0 Å². The molecule has 2 aromatic carbocycles. The van der Waals surface area contributed by atoms with Crippen molar-refractivity contribution in [1.29, 1.82) is 0 Å². The molecule has 0 aromatic heterocycles. The number of rotatable bonds is 6. The molecule has 0 radical (unpaired) electrons. The fourth-order valence-electron chi connectivity index (χ4n) is 5.21. The van der Waals surface area contributed by atoms with Crippen molar-refractivity contribution in [3.8, 4) is 0 Å². The zero-order chi connectivity index (χ0) is 19.8. The minimum absolute atomic E-state index is 0. The van der Waals surface area contributed by atoms with Gasteiger partial charge in [-0.3, -0.25) is 9.59 Å². The minimum atomic E-state index is -0.0231. The van der Waals surface area contributed by atoms with Gasteiger partial charge in [-0.25, -0.2) is 0 Å². The molecule has 0 amide bonds. The summed E-state index contributed by atoms with van der Waals surface area (Å²) in [5.41, 5.74) is 1.62. The highest BCUT2D eigenvalue weighted by molar-refractivity contribution is 5.99. The number of ketones is 2. The minimum Gasteiger partial charge on any atom is -0.301 e. The molecule has 0 saturated carbocycles. The van der Waals surface area contributed by atoms with Crippen molar-refractivity contribution >= 4 is 11.6 Å². The second kappa shape index (κ2) is 8.21. The monoisotopic (exact) mass is 394 g/mol. The number of carbonyl (C=O) groups is 2. The van der Waals surface area contributed by atoms with Gasteiger partial charge < -0.3 is 8.97 Å². The van der Waals surface area contributed by atoms with Crippen LogP contribution in [0.4, 0.5) is 0 Å². The lowest BCUT2D eigenvalue weighted by Gasteiger charge is -2.58. The van der Waals surface area contributed by atoms with Crippen molar-refractivity contribution in [2.24, 2.45) is 0 Å². The quantitative estimate of drug-likeness (QED) is 0.551. The second-order valence-electron chi connectivity index (χ2n) is 8.59. The number of hydrogen-bond donors (Lipinski definition) is 0. The molecule has 2 aromatic rings. The van der Waals surface area contributed by atoms with Crippen LogP contribution in [0, 0.1) is 0 Å². The van der Waals surface area contributed by atoms with Gasteiger partial charge in [0.05, 0.1) is 0 Å². The van der Waals surface area contributed by atoms with Crippen molar-refractivity contribution in [2.75, 3.05) is 39.3 Å². The summed E-state index contributed by atoms with van der Waals surface area (Å²) in [6.07, 6.45) is 0. The molecule has 29 heavy (non-hydrogen) atoms. The van der Waals surface area contributed by atoms with Crippen LogP contribution in [0.2, 0.25) is 0 Å². The van der Waals surface area contributed by atoms with Crippen LogP contribution in [0.25, 0.3) is 0 Å². The second-order valence-corrected chi connectivity index (χ2v) is 8.59. The van der Waals surface area contributed by atoms with Gasteiger partial charge in [0.1, 0.15) is 39.3 Å². The number of hydrogen-bond acceptors (Lipinski definition) is 2. The first kappa shape index (κ1) is 21.4. The van der Waals surface area contributed by atoms with E-state index in [0.717, 1.165) is 59.4 Å². The van der Waals surface area contributed by atoms with E-state index in [0.29, 0.717) is 0 Å². The summed E-state index contributed by atoms with van der Waals surface area (Å²) >= 11 is 0. The molecule has 0 spiro atoms. The first-order chi connectivity index (χ1) is 13.5. The first-order valence-electron chi connectivity index (χ1n) is 10.4. The molecule has 154 valence electrons. The largest absolute Gasteiger partial charge is 0.301 e. The number of quaternary nitrogens is 2. The SMILES string of the molecule is C.CC(C(=O)c1ccccc1)[N+]12CC[N+](C(C)C(=O)c3ccccc3)(CC1)CC2. The molecule has 0 aliphatic carbocycles. The third kappa shape index (κ3) is 3.67.